The van der Waals surface area contributed by atoms with Crippen LogP contribution in [-0.2, 0) is 4.74 Å². The minimum atomic E-state index is -0.359. The van der Waals surface area contributed by atoms with Crippen LogP contribution >= 0.6 is 0 Å². The number of aliphatic hydroxyl groups is 1. The van der Waals surface area contributed by atoms with Gasteiger partial charge in [-0.05, 0) is 86.3 Å². The Balaban J connectivity index is 1.40. The predicted octanol–water partition coefficient (Wildman–Crippen LogP) is 6.55. The van der Waals surface area contributed by atoms with E-state index in [0.717, 1.165) is 47.5 Å². The Morgan fingerprint density at radius 3 is 2.62 bits per heavy atom. The second-order valence-electron chi connectivity index (χ2n) is 10.6. The number of rotatable bonds is 10. The molecule has 0 amide bonds. The number of carbonyl (C=O) groups is 1. The van der Waals surface area contributed by atoms with Crippen molar-refractivity contribution in [1.82, 2.24) is 9.78 Å². The summed E-state index contributed by atoms with van der Waals surface area (Å²) in [7, 11) is 1.41. The molecule has 2 fully saturated rings. The average Bonchev–Trinajstić information content (AvgIpc) is 3.58. The number of benzene rings is 2. The second kappa shape index (κ2) is 11.5. The van der Waals surface area contributed by atoms with Gasteiger partial charge in [-0.15, -0.1) is 0 Å². The number of hydrogen-bond acceptors (Lipinski definition) is 5. The number of methoxy groups -OCH3 is 1. The lowest BCUT2D eigenvalue weighted by molar-refractivity contribution is 0.0599. The normalized spacial score (nSPS) is 20.4. The topological polar surface area (TPSA) is 73.6 Å². The van der Waals surface area contributed by atoms with Crippen molar-refractivity contribution in [2.75, 3.05) is 13.7 Å². The molecule has 3 aromatic rings. The minimum absolute atomic E-state index is 0.191. The van der Waals surface area contributed by atoms with Gasteiger partial charge in [0.25, 0.3) is 0 Å². The highest BCUT2D eigenvalue weighted by Gasteiger charge is 2.42. The Hall–Kier alpha value is -3.12. The molecule has 0 aliphatic heterocycles. The van der Waals surface area contributed by atoms with Crippen LogP contribution in [0.1, 0.15) is 80.3 Å². The van der Waals surface area contributed by atoms with Gasteiger partial charge in [-0.1, -0.05) is 43.5 Å². The summed E-state index contributed by atoms with van der Waals surface area (Å²) in [6, 6.07) is 16.6. The second-order valence-corrected chi connectivity index (χ2v) is 10.6. The van der Waals surface area contributed by atoms with Crippen LogP contribution < -0.4 is 4.74 Å². The van der Waals surface area contributed by atoms with E-state index < -0.39 is 0 Å². The molecule has 5 rings (SSSR count). The standard InChI is InChI=1S/C31H38N2O4/c1-21(22-9-4-3-5-10-22)37-27-15-7-12-24(18-27)23-11-6-14-26(17-23)33-30(28-19-25(28)13-8-16-34)29(20-32-33)31(35)36-2/h6-7,11-12,14-15,17-18,20-22,25,28,34H,3-5,8-10,13,16,19H2,1-2H3/t21?,25-,28-/m1/s1. The SMILES string of the molecule is COC(=O)c1cnn(-c2cccc(-c3cccc(OC(C)C4CCCCC4)c3)c2)c1[C@@H]1C[C@H]1CCCO. The largest absolute Gasteiger partial charge is 0.490 e. The van der Waals surface area contributed by atoms with E-state index in [0.29, 0.717) is 17.4 Å². The molecule has 37 heavy (non-hydrogen) atoms. The maximum Gasteiger partial charge on any atom is 0.341 e. The summed E-state index contributed by atoms with van der Waals surface area (Å²) in [5.41, 5.74) is 4.51. The van der Waals surface area contributed by atoms with Gasteiger partial charge in [-0.3, -0.25) is 0 Å². The van der Waals surface area contributed by atoms with E-state index in [9.17, 15) is 9.90 Å². The van der Waals surface area contributed by atoms with Crippen molar-refractivity contribution in [2.24, 2.45) is 11.8 Å². The highest BCUT2D eigenvalue weighted by Crippen LogP contribution is 2.51. The van der Waals surface area contributed by atoms with Crippen LogP contribution in [0, 0.1) is 11.8 Å². The molecule has 1 unspecified atom stereocenters. The van der Waals surface area contributed by atoms with Crippen LogP contribution in [0.15, 0.2) is 54.7 Å². The quantitative estimate of drug-likeness (QED) is 0.318. The van der Waals surface area contributed by atoms with Gasteiger partial charge in [-0.25, -0.2) is 9.48 Å². The summed E-state index contributed by atoms with van der Waals surface area (Å²) in [5, 5.41) is 13.9. The van der Waals surface area contributed by atoms with Gasteiger partial charge in [0.15, 0.2) is 0 Å². The zero-order chi connectivity index (χ0) is 25.8. The Bertz CT molecular complexity index is 1210. The first-order valence-electron chi connectivity index (χ1n) is 13.7. The first kappa shape index (κ1) is 25.5. The molecule has 6 heteroatoms. The minimum Gasteiger partial charge on any atom is -0.490 e. The fraction of sp³-hybridized carbons (Fsp3) is 0.484. The molecule has 2 aromatic carbocycles. The third kappa shape index (κ3) is 5.74. The molecule has 6 nitrogen and oxygen atoms in total. The molecule has 3 atom stereocenters. The summed E-state index contributed by atoms with van der Waals surface area (Å²) in [4.78, 5) is 12.5. The third-order valence-corrected chi connectivity index (χ3v) is 8.11. The summed E-state index contributed by atoms with van der Waals surface area (Å²) < 4.78 is 13.3. The van der Waals surface area contributed by atoms with Crippen LogP contribution in [-0.4, -0.2) is 40.7 Å². The monoisotopic (exact) mass is 502 g/mol. The summed E-state index contributed by atoms with van der Waals surface area (Å²) >= 11 is 0. The molecule has 196 valence electrons. The van der Waals surface area contributed by atoms with Gasteiger partial charge in [0.1, 0.15) is 11.3 Å². The Morgan fingerprint density at radius 2 is 1.86 bits per heavy atom. The predicted molar refractivity (Wildman–Crippen MR) is 144 cm³/mol. The molecule has 2 aliphatic rings. The highest BCUT2D eigenvalue weighted by molar-refractivity contribution is 5.91. The van der Waals surface area contributed by atoms with Crippen molar-refractivity contribution in [3.8, 4) is 22.6 Å². The molecule has 1 aromatic heterocycles. The Kier molecular flexibility index (Phi) is 7.94. The van der Waals surface area contributed by atoms with Crippen LogP contribution in [0.5, 0.6) is 5.75 Å². The van der Waals surface area contributed by atoms with Crippen molar-refractivity contribution < 1.29 is 19.4 Å². The van der Waals surface area contributed by atoms with Gasteiger partial charge in [0.05, 0.1) is 30.8 Å². The van der Waals surface area contributed by atoms with Crippen LogP contribution in [0.2, 0.25) is 0 Å². The maximum atomic E-state index is 12.5. The lowest BCUT2D eigenvalue weighted by Gasteiger charge is -2.28. The molecule has 0 saturated heterocycles. The number of ether oxygens (including phenoxy) is 2. The Labute approximate surface area is 219 Å². The highest BCUT2D eigenvalue weighted by atomic mass is 16.5. The van der Waals surface area contributed by atoms with E-state index in [1.54, 1.807) is 6.20 Å². The van der Waals surface area contributed by atoms with Gasteiger partial charge in [0, 0.05) is 12.5 Å². The van der Waals surface area contributed by atoms with E-state index >= 15 is 0 Å². The maximum absolute atomic E-state index is 12.5. The molecule has 1 N–H and O–H groups in total. The fourth-order valence-electron chi connectivity index (χ4n) is 5.92. The van der Waals surface area contributed by atoms with Gasteiger partial charge in [-0.2, -0.15) is 5.10 Å². The first-order chi connectivity index (χ1) is 18.1. The fourth-order valence-corrected chi connectivity index (χ4v) is 5.92. The zero-order valence-electron chi connectivity index (χ0n) is 21.9. The summed E-state index contributed by atoms with van der Waals surface area (Å²) in [6.45, 7) is 2.39. The van der Waals surface area contributed by atoms with Crippen molar-refractivity contribution in [1.29, 1.82) is 0 Å². The van der Waals surface area contributed by atoms with Crippen molar-refractivity contribution in [2.45, 2.75) is 70.3 Å². The molecule has 0 spiro atoms. The van der Waals surface area contributed by atoms with E-state index in [4.69, 9.17) is 9.47 Å². The molecular formula is C31H38N2O4. The molecule has 2 saturated carbocycles. The zero-order valence-corrected chi connectivity index (χ0v) is 21.9. The van der Waals surface area contributed by atoms with Crippen molar-refractivity contribution >= 4 is 5.97 Å². The molecule has 0 bridgehead atoms. The summed E-state index contributed by atoms with van der Waals surface area (Å²) in [5.74, 6) is 1.87. The number of aromatic nitrogens is 2. The van der Waals surface area contributed by atoms with Crippen LogP contribution in [0.25, 0.3) is 16.8 Å². The third-order valence-electron chi connectivity index (χ3n) is 8.11. The molecular weight excluding hydrogens is 464 g/mol. The van der Waals surface area contributed by atoms with Gasteiger partial charge in [0.2, 0.25) is 0 Å². The number of nitrogens with zero attached hydrogens (tertiary/aromatic N) is 2. The number of esters is 1. The van der Waals surface area contributed by atoms with Crippen LogP contribution in [0.3, 0.4) is 0 Å². The van der Waals surface area contributed by atoms with E-state index in [1.807, 2.05) is 22.9 Å². The smallest absolute Gasteiger partial charge is 0.341 e. The lowest BCUT2D eigenvalue weighted by atomic mass is 9.86. The van der Waals surface area contributed by atoms with Gasteiger partial charge >= 0.3 is 5.97 Å². The number of carbonyl (C=O) groups excluding carboxylic acids is 1. The average molecular weight is 503 g/mol. The van der Waals surface area contributed by atoms with E-state index in [-0.39, 0.29) is 24.6 Å². The lowest BCUT2D eigenvalue weighted by Crippen LogP contribution is -2.25. The number of aliphatic hydroxyl groups excluding tert-OH is 1. The molecule has 1 heterocycles. The Morgan fingerprint density at radius 1 is 1.11 bits per heavy atom. The summed E-state index contributed by atoms with van der Waals surface area (Å²) in [6.07, 6.45) is 11.0. The van der Waals surface area contributed by atoms with E-state index in [2.05, 4.69) is 42.4 Å². The molecule has 0 radical (unpaired) electrons. The van der Waals surface area contributed by atoms with Crippen molar-refractivity contribution in [3.63, 3.8) is 0 Å². The van der Waals surface area contributed by atoms with E-state index in [1.165, 1.54) is 39.2 Å². The first-order valence-corrected chi connectivity index (χ1v) is 13.7. The van der Waals surface area contributed by atoms with Crippen LogP contribution in [0.4, 0.5) is 0 Å². The van der Waals surface area contributed by atoms with Gasteiger partial charge < -0.3 is 14.6 Å². The number of hydrogen-bond donors (Lipinski definition) is 1. The molecule has 2 aliphatic carbocycles. The van der Waals surface area contributed by atoms with Crippen molar-refractivity contribution in [3.05, 3.63) is 66.0 Å².